The maximum Gasteiger partial charge on any atom is 0.267 e. The van der Waals surface area contributed by atoms with Gasteiger partial charge in [-0.15, -0.1) is 10.2 Å². The van der Waals surface area contributed by atoms with E-state index in [2.05, 4.69) is 20.2 Å². The molecule has 3 aromatic carbocycles. The van der Waals surface area contributed by atoms with Crippen LogP contribution in [-0.4, -0.2) is 29.1 Å². The van der Waals surface area contributed by atoms with E-state index >= 15 is 0 Å². The van der Waals surface area contributed by atoms with E-state index in [1.54, 1.807) is 10.6 Å². The molecule has 1 N–H and O–H groups in total. The molecule has 1 unspecified atom stereocenters. The summed E-state index contributed by atoms with van der Waals surface area (Å²) in [6, 6.07) is 22.4. The van der Waals surface area contributed by atoms with Gasteiger partial charge in [-0.3, -0.25) is 14.0 Å². The first-order valence-corrected chi connectivity index (χ1v) is 12.0. The number of rotatable bonds is 4. The Balaban J connectivity index is 1.53. The number of fused-ring (bicyclic) bond motifs is 4. The van der Waals surface area contributed by atoms with Crippen LogP contribution in [0, 0.1) is 6.92 Å². The topological polar surface area (TPSA) is 97.9 Å². The second kappa shape index (κ2) is 8.21. The molecular formula is C26H20N6O2S. The maximum absolute atomic E-state index is 13.5. The lowest BCUT2D eigenvalue weighted by Crippen LogP contribution is -2.21. The van der Waals surface area contributed by atoms with Gasteiger partial charge in [0.2, 0.25) is 5.78 Å². The van der Waals surface area contributed by atoms with Crippen molar-refractivity contribution in [1.29, 1.82) is 0 Å². The number of nitrogens with zero attached hydrogens (tertiary/aromatic N) is 5. The zero-order chi connectivity index (χ0) is 24.1. The van der Waals surface area contributed by atoms with Gasteiger partial charge in [0.15, 0.2) is 5.16 Å². The van der Waals surface area contributed by atoms with Gasteiger partial charge < -0.3 is 4.98 Å². The molecule has 3 heterocycles. The normalized spacial score (nSPS) is 12.5. The minimum Gasteiger partial charge on any atom is -0.309 e. The molecule has 0 saturated heterocycles. The molecule has 0 aliphatic heterocycles. The lowest BCUT2D eigenvalue weighted by atomic mass is 10.2. The summed E-state index contributed by atoms with van der Waals surface area (Å²) in [6.07, 6.45) is 0. The minimum absolute atomic E-state index is 0.158. The fraction of sp³-hybridized carbons (Fsp3) is 0.115. The van der Waals surface area contributed by atoms with Gasteiger partial charge in [-0.1, -0.05) is 53.7 Å². The summed E-state index contributed by atoms with van der Waals surface area (Å²) in [7, 11) is 0. The van der Waals surface area contributed by atoms with E-state index < -0.39 is 0 Å². The van der Waals surface area contributed by atoms with Crippen molar-refractivity contribution in [1.82, 2.24) is 29.1 Å². The number of H-pyrrole nitrogens is 1. The van der Waals surface area contributed by atoms with Crippen LogP contribution in [0.2, 0.25) is 0 Å². The van der Waals surface area contributed by atoms with Crippen LogP contribution in [-0.2, 0) is 0 Å². The largest absolute Gasteiger partial charge is 0.309 e. The molecule has 0 radical (unpaired) electrons. The SMILES string of the molecule is Cc1ccc(-n2c(=O)c3ccccc3n3c(SC(C)c4nc5ccccc5c(=O)[nH]4)nnc23)cc1. The highest BCUT2D eigenvalue weighted by Crippen LogP contribution is 2.33. The predicted molar refractivity (Wildman–Crippen MR) is 137 cm³/mol. The van der Waals surface area contributed by atoms with E-state index in [1.807, 2.05) is 85.0 Å². The van der Waals surface area contributed by atoms with Crippen molar-refractivity contribution in [3.8, 4) is 5.69 Å². The molecular weight excluding hydrogens is 460 g/mol. The van der Waals surface area contributed by atoms with Gasteiger partial charge in [-0.2, -0.15) is 0 Å². The summed E-state index contributed by atoms with van der Waals surface area (Å²) in [6.45, 7) is 3.96. The van der Waals surface area contributed by atoms with E-state index in [1.165, 1.54) is 11.8 Å². The highest BCUT2D eigenvalue weighted by atomic mass is 32.2. The predicted octanol–water partition coefficient (Wildman–Crippen LogP) is 4.43. The van der Waals surface area contributed by atoms with Crippen molar-refractivity contribution in [3.05, 3.63) is 105 Å². The maximum atomic E-state index is 13.5. The van der Waals surface area contributed by atoms with Crippen LogP contribution in [0.1, 0.15) is 23.6 Å². The fourth-order valence-corrected chi connectivity index (χ4v) is 5.11. The Morgan fingerprint density at radius 3 is 2.40 bits per heavy atom. The van der Waals surface area contributed by atoms with Gasteiger partial charge in [0.25, 0.3) is 11.1 Å². The molecule has 35 heavy (non-hydrogen) atoms. The highest BCUT2D eigenvalue weighted by molar-refractivity contribution is 7.99. The van der Waals surface area contributed by atoms with Crippen molar-refractivity contribution >= 4 is 39.3 Å². The Kier molecular flexibility index (Phi) is 5.00. The van der Waals surface area contributed by atoms with Crippen molar-refractivity contribution in [3.63, 3.8) is 0 Å². The number of hydrogen-bond acceptors (Lipinski definition) is 6. The molecule has 0 fully saturated rings. The summed E-state index contributed by atoms with van der Waals surface area (Å²) in [5.74, 6) is 0.971. The molecule has 6 rings (SSSR count). The number of aromatic amines is 1. The smallest absolute Gasteiger partial charge is 0.267 e. The fourth-order valence-electron chi connectivity index (χ4n) is 4.19. The molecule has 0 aliphatic rings. The first-order chi connectivity index (χ1) is 17.0. The molecule has 0 aliphatic carbocycles. The standard InChI is InChI=1S/C26H20N6O2S/c1-15-11-13-17(14-12-15)31-24(34)19-8-4-6-10-21(19)32-25(31)29-30-26(32)35-16(2)22-27-20-9-5-3-7-18(20)23(33)28-22/h3-14,16H,1-2H3,(H,27,28,33). The van der Waals surface area contributed by atoms with E-state index in [0.29, 0.717) is 38.7 Å². The molecule has 9 heteroatoms. The van der Waals surface area contributed by atoms with Crippen molar-refractivity contribution < 1.29 is 0 Å². The molecule has 0 bridgehead atoms. The average Bonchev–Trinajstić information content (AvgIpc) is 3.28. The van der Waals surface area contributed by atoms with Gasteiger partial charge in [0.1, 0.15) is 5.82 Å². The zero-order valence-electron chi connectivity index (χ0n) is 19.0. The van der Waals surface area contributed by atoms with Crippen molar-refractivity contribution in [2.45, 2.75) is 24.3 Å². The van der Waals surface area contributed by atoms with Gasteiger partial charge >= 0.3 is 0 Å². The van der Waals surface area contributed by atoms with E-state index in [4.69, 9.17) is 0 Å². The number of hydrogen-bond donors (Lipinski definition) is 1. The molecule has 8 nitrogen and oxygen atoms in total. The number of benzene rings is 3. The first kappa shape index (κ1) is 21.3. The first-order valence-electron chi connectivity index (χ1n) is 11.1. The van der Waals surface area contributed by atoms with Gasteiger partial charge in [-0.05, 0) is 50.2 Å². The van der Waals surface area contributed by atoms with Crippen molar-refractivity contribution in [2.75, 3.05) is 0 Å². The van der Waals surface area contributed by atoms with Crippen LogP contribution >= 0.6 is 11.8 Å². The van der Waals surface area contributed by atoms with Gasteiger partial charge in [0, 0.05) is 0 Å². The quantitative estimate of drug-likeness (QED) is 0.375. The Labute approximate surface area is 203 Å². The van der Waals surface area contributed by atoms with E-state index in [0.717, 1.165) is 11.1 Å². The van der Waals surface area contributed by atoms with E-state index in [-0.39, 0.29) is 16.4 Å². The molecule has 3 aromatic heterocycles. The molecule has 0 saturated carbocycles. The Hall–Kier alpha value is -4.24. The minimum atomic E-state index is -0.224. The van der Waals surface area contributed by atoms with Crippen molar-refractivity contribution in [2.24, 2.45) is 0 Å². The molecule has 0 spiro atoms. The third kappa shape index (κ3) is 3.52. The third-order valence-electron chi connectivity index (χ3n) is 5.99. The van der Waals surface area contributed by atoms with Crippen LogP contribution < -0.4 is 11.1 Å². The Bertz CT molecular complexity index is 1850. The second-order valence-electron chi connectivity index (χ2n) is 8.34. The van der Waals surface area contributed by atoms with Crippen LogP contribution in [0.15, 0.2) is 87.5 Å². The summed E-state index contributed by atoms with van der Waals surface area (Å²) < 4.78 is 3.47. The molecule has 0 amide bonds. The van der Waals surface area contributed by atoms with Crippen LogP contribution in [0.4, 0.5) is 0 Å². The number of para-hydroxylation sites is 2. The molecule has 1 atom stereocenters. The summed E-state index contributed by atoms with van der Waals surface area (Å²) in [5.41, 5.74) is 2.84. The zero-order valence-corrected chi connectivity index (χ0v) is 19.8. The summed E-state index contributed by atoms with van der Waals surface area (Å²) in [5, 5.41) is 10.3. The van der Waals surface area contributed by atoms with Crippen LogP contribution in [0.25, 0.3) is 33.3 Å². The summed E-state index contributed by atoms with van der Waals surface area (Å²) >= 11 is 1.42. The number of aryl methyl sites for hydroxylation is 1. The average molecular weight is 481 g/mol. The van der Waals surface area contributed by atoms with Gasteiger partial charge in [0.05, 0.1) is 32.7 Å². The monoisotopic (exact) mass is 480 g/mol. The number of nitrogens with one attached hydrogen (secondary N) is 1. The lowest BCUT2D eigenvalue weighted by Gasteiger charge is -2.13. The van der Waals surface area contributed by atoms with Crippen LogP contribution in [0.5, 0.6) is 0 Å². The lowest BCUT2D eigenvalue weighted by molar-refractivity contribution is 0.889. The molecule has 172 valence electrons. The van der Waals surface area contributed by atoms with Gasteiger partial charge in [-0.25, -0.2) is 9.55 Å². The summed E-state index contributed by atoms with van der Waals surface area (Å²) in [4.78, 5) is 33.6. The van der Waals surface area contributed by atoms with E-state index in [9.17, 15) is 9.59 Å². The highest BCUT2D eigenvalue weighted by Gasteiger charge is 2.21. The number of thioether (sulfide) groups is 1. The number of aromatic nitrogens is 6. The Morgan fingerprint density at radius 1 is 0.886 bits per heavy atom. The third-order valence-corrected chi connectivity index (χ3v) is 7.04. The second-order valence-corrected chi connectivity index (χ2v) is 9.65. The Morgan fingerprint density at radius 2 is 1.60 bits per heavy atom. The van der Waals surface area contributed by atoms with Crippen LogP contribution in [0.3, 0.4) is 0 Å². The molecule has 6 aromatic rings.